The smallest absolute Gasteiger partial charge is 0.200 e. The summed E-state index contributed by atoms with van der Waals surface area (Å²) in [7, 11) is -6.79. The Balaban J connectivity index is 0.00000135. The minimum Gasteiger partial charge on any atom is -0.205 e. The van der Waals surface area contributed by atoms with Crippen LogP contribution in [0, 0.1) is 113 Å². The third-order valence-electron chi connectivity index (χ3n) is 6.36. The number of hydrogen-bond donors (Lipinski definition) is 0. The van der Waals surface area contributed by atoms with E-state index in [1.54, 1.807) is 0 Å². The van der Waals surface area contributed by atoms with Crippen molar-refractivity contribution < 1.29 is 74.6 Å². The van der Waals surface area contributed by atoms with Gasteiger partial charge in [-0.3, -0.25) is 0 Å². The number of halogens is 17. The van der Waals surface area contributed by atoms with E-state index >= 15 is 30.7 Å². The second-order valence-electron chi connectivity index (χ2n) is 9.94. The molecule has 1 atom stereocenters. The third kappa shape index (κ3) is 6.41. The van der Waals surface area contributed by atoms with Gasteiger partial charge in [-0.05, 0) is 27.7 Å². The average molecular weight is 761 g/mol. The van der Waals surface area contributed by atoms with Gasteiger partial charge in [0.2, 0.25) is 5.82 Å². The Morgan fingerprint density at radius 3 is 1.00 bits per heavy atom. The second-order valence-corrected chi connectivity index (χ2v) is 12.8. The van der Waals surface area contributed by atoms with Gasteiger partial charge in [-0.25, -0.2) is 74.6 Å². The highest BCUT2D eigenvalue weighted by Gasteiger charge is 2.53. The fourth-order valence-corrected chi connectivity index (χ4v) is 8.73. The minimum atomic E-state index is -6.79. The zero-order valence-electron chi connectivity index (χ0n) is 26.1. The van der Waals surface area contributed by atoms with Crippen molar-refractivity contribution in [3.05, 3.63) is 128 Å². The molecule has 0 bridgehead atoms. The molecule has 0 fully saturated rings. The molecule has 0 aromatic heterocycles. The lowest BCUT2D eigenvalue weighted by Gasteiger charge is -2.43. The van der Waals surface area contributed by atoms with Gasteiger partial charge < -0.3 is 0 Å². The monoisotopic (exact) mass is 760 g/mol. The van der Waals surface area contributed by atoms with Crippen molar-refractivity contribution in [3.8, 4) is 0 Å². The highest BCUT2D eigenvalue weighted by atomic mass is 32.3. The maximum Gasteiger partial charge on any atom is 0.200 e. The van der Waals surface area contributed by atoms with Crippen LogP contribution in [0.5, 0.6) is 0 Å². The van der Waals surface area contributed by atoms with Crippen LogP contribution in [0.2, 0.25) is 0 Å². The molecule has 0 N–H and O–H groups in total. The third-order valence-corrected chi connectivity index (χ3v) is 10.4. The molecular weight excluding hydrogens is 739 g/mol. The SMILES string of the molecule is C=C(C)C.CC.Cc1c(F)c(F)c(F)c(S(c2c(C)c(F)c(F)c(F)c2F)(c2c(F)c(F)cc(F)c2F)c2c(F)c(F)c(F)c(F)c2F)c1F. The zero-order chi connectivity index (χ0) is 39.1. The van der Waals surface area contributed by atoms with E-state index < -0.39 is 146 Å². The normalized spacial score (nSPS) is 12.8. The summed E-state index contributed by atoms with van der Waals surface area (Å²) in [5.41, 5.74) is -2.66. The van der Waals surface area contributed by atoms with Gasteiger partial charge in [0.05, 0.1) is 14.7 Å². The van der Waals surface area contributed by atoms with E-state index in [1.807, 2.05) is 27.7 Å². The summed E-state index contributed by atoms with van der Waals surface area (Å²) in [6.07, 6.45) is 0. The Labute approximate surface area is 274 Å². The van der Waals surface area contributed by atoms with E-state index in [-0.39, 0.29) is 13.8 Å². The van der Waals surface area contributed by atoms with Crippen molar-refractivity contribution >= 4 is 10.0 Å². The fraction of sp³-hybridized carbons (Fsp3) is 0.188. The van der Waals surface area contributed by atoms with Crippen molar-refractivity contribution in [3.63, 3.8) is 0 Å². The molecule has 0 saturated heterocycles. The summed E-state index contributed by atoms with van der Waals surface area (Å²) in [5, 5.41) is 0. The average Bonchev–Trinajstić information content (AvgIpc) is 3.06. The van der Waals surface area contributed by atoms with Crippen LogP contribution in [0.15, 0.2) is 37.8 Å². The van der Waals surface area contributed by atoms with E-state index in [2.05, 4.69) is 6.58 Å². The fourth-order valence-electron chi connectivity index (χ4n) is 4.36. The first-order valence-corrected chi connectivity index (χ1v) is 15.1. The van der Waals surface area contributed by atoms with Gasteiger partial charge in [0.1, 0.15) is 5.82 Å². The molecule has 4 aromatic carbocycles. The molecule has 50 heavy (non-hydrogen) atoms. The maximum atomic E-state index is 15.9. The standard InChI is InChI=1S/C26H7F17S.C4H8.C2H6/c1-4-8(29)14(35)20(41)24(10(4)31)44(25-11(32)6(27)3-7(28)12(25)33,23-5(2)9(30)13(34)16(37)19(23)40)26-21(42)17(38)15(36)18(39)22(26)43;1-4(2)3;1-2/h3H,1-2H3;1H2,2-3H3;1-2H3. The van der Waals surface area contributed by atoms with Crippen LogP contribution in [0.3, 0.4) is 0 Å². The molecule has 4 rings (SSSR count). The van der Waals surface area contributed by atoms with E-state index in [4.69, 9.17) is 0 Å². The Morgan fingerprint density at radius 1 is 0.380 bits per heavy atom. The van der Waals surface area contributed by atoms with Gasteiger partial charge in [0.25, 0.3) is 0 Å². The van der Waals surface area contributed by atoms with E-state index in [0.717, 1.165) is 0 Å². The quantitative estimate of drug-likeness (QED) is 0.0841. The maximum absolute atomic E-state index is 15.9. The largest absolute Gasteiger partial charge is 0.205 e. The molecule has 18 heteroatoms. The first-order chi connectivity index (χ1) is 23.0. The molecular formula is C32H21F17S. The summed E-state index contributed by atoms with van der Waals surface area (Å²) in [6.45, 7) is 11.7. The Bertz CT molecular complexity index is 1730. The summed E-state index contributed by atoms with van der Waals surface area (Å²) in [6, 6.07) is -0.685. The van der Waals surface area contributed by atoms with Gasteiger partial charge in [-0.2, -0.15) is 0 Å². The molecule has 0 aliphatic rings. The Hall–Kier alpha value is -4.22. The first-order valence-electron chi connectivity index (χ1n) is 13.5. The molecule has 0 aliphatic heterocycles. The highest BCUT2D eigenvalue weighted by molar-refractivity contribution is 8.34. The van der Waals surface area contributed by atoms with Gasteiger partial charge in [0, 0.05) is 22.1 Å². The van der Waals surface area contributed by atoms with Crippen LogP contribution in [0.4, 0.5) is 74.6 Å². The predicted octanol–water partition coefficient (Wildman–Crippen LogP) is 12.6. The lowest BCUT2D eigenvalue weighted by atomic mass is 10.2. The molecule has 274 valence electrons. The van der Waals surface area contributed by atoms with Crippen molar-refractivity contribution in [1.82, 2.24) is 0 Å². The highest BCUT2D eigenvalue weighted by Crippen LogP contribution is 2.78. The van der Waals surface area contributed by atoms with Crippen LogP contribution in [0.25, 0.3) is 0 Å². The molecule has 0 radical (unpaired) electrons. The van der Waals surface area contributed by atoms with Crippen LogP contribution >= 0.6 is 10.0 Å². The molecule has 0 saturated carbocycles. The first kappa shape index (κ1) is 41.9. The second kappa shape index (κ2) is 15.3. The number of rotatable bonds is 4. The predicted molar refractivity (Wildman–Crippen MR) is 147 cm³/mol. The van der Waals surface area contributed by atoms with E-state index in [9.17, 15) is 43.9 Å². The summed E-state index contributed by atoms with van der Waals surface area (Å²) in [5.74, 6) is -51.0. The Kier molecular flexibility index (Phi) is 12.9. The van der Waals surface area contributed by atoms with Crippen molar-refractivity contribution in [2.75, 3.05) is 0 Å². The number of benzene rings is 4. The number of allylic oxidation sites excluding steroid dienone is 1. The van der Waals surface area contributed by atoms with Gasteiger partial charge in [-0.1, -0.05) is 19.4 Å². The summed E-state index contributed by atoms with van der Waals surface area (Å²) < 4.78 is 255. The molecule has 4 aromatic rings. The van der Waals surface area contributed by atoms with Gasteiger partial charge in [-0.15, -0.1) is 16.6 Å². The summed E-state index contributed by atoms with van der Waals surface area (Å²) in [4.78, 5) is -11.4. The van der Waals surface area contributed by atoms with E-state index in [0.29, 0.717) is 0 Å². The zero-order valence-corrected chi connectivity index (χ0v) is 26.9. The van der Waals surface area contributed by atoms with E-state index in [1.165, 1.54) is 5.57 Å². The van der Waals surface area contributed by atoms with Crippen molar-refractivity contribution in [1.29, 1.82) is 0 Å². The summed E-state index contributed by atoms with van der Waals surface area (Å²) >= 11 is 0. The number of hydrogen-bond acceptors (Lipinski definition) is 0. The van der Waals surface area contributed by atoms with Crippen molar-refractivity contribution in [2.24, 2.45) is 0 Å². The van der Waals surface area contributed by atoms with Crippen molar-refractivity contribution in [2.45, 2.75) is 61.1 Å². The van der Waals surface area contributed by atoms with Crippen LogP contribution < -0.4 is 0 Å². The Morgan fingerprint density at radius 2 is 0.620 bits per heavy atom. The molecule has 0 aliphatic carbocycles. The lowest BCUT2D eigenvalue weighted by molar-refractivity contribution is 0.357. The van der Waals surface area contributed by atoms with Crippen LogP contribution in [0.1, 0.15) is 38.8 Å². The van der Waals surface area contributed by atoms with Crippen LogP contribution in [-0.4, -0.2) is 0 Å². The van der Waals surface area contributed by atoms with Crippen LogP contribution in [-0.2, 0) is 0 Å². The molecule has 1 unspecified atom stereocenters. The minimum absolute atomic E-state index is 0.0536. The molecule has 0 nitrogen and oxygen atoms in total. The molecule has 0 amide bonds. The van der Waals surface area contributed by atoms with Gasteiger partial charge >= 0.3 is 0 Å². The molecule has 0 heterocycles. The topological polar surface area (TPSA) is 0 Å². The molecule has 0 spiro atoms. The van der Waals surface area contributed by atoms with Gasteiger partial charge in [0.15, 0.2) is 87.3 Å². The lowest BCUT2D eigenvalue weighted by Crippen LogP contribution is -2.23.